The van der Waals surface area contributed by atoms with E-state index >= 15 is 0 Å². The van der Waals surface area contributed by atoms with Crippen LogP contribution >= 0.6 is 0 Å². The highest BCUT2D eigenvalue weighted by molar-refractivity contribution is 4.86. The van der Waals surface area contributed by atoms with Crippen LogP contribution in [-0.4, -0.2) is 41.4 Å². The molecule has 2 N–H and O–H groups in total. The van der Waals surface area contributed by atoms with Crippen molar-refractivity contribution in [1.82, 2.24) is 0 Å². The summed E-state index contributed by atoms with van der Waals surface area (Å²) in [4.78, 5) is 0. The van der Waals surface area contributed by atoms with Crippen LogP contribution in [0.2, 0.25) is 0 Å². The highest BCUT2D eigenvalue weighted by Gasteiger charge is 2.41. The van der Waals surface area contributed by atoms with Crippen LogP contribution in [-0.2, 0) is 9.47 Å². The zero-order valence-corrected chi connectivity index (χ0v) is 9.01. The molecule has 1 aliphatic heterocycles. The Morgan fingerprint density at radius 2 is 1.86 bits per heavy atom. The molecular weight excluding hydrogens is 184 g/mol. The molecule has 0 radical (unpaired) electrons. The fourth-order valence-corrected chi connectivity index (χ4v) is 1.84. The maximum absolute atomic E-state index is 9.73. The minimum atomic E-state index is -0.937. The van der Waals surface area contributed by atoms with Gasteiger partial charge in [0.2, 0.25) is 0 Å². The van der Waals surface area contributed by atoms with Crippen LogP contribution in [0.1, 0.15) is 27.2 Å². The average Bonchev–Trinajstić information content (AvgIpc) is 2.19. The van der Waals surface area contributed by atoms with Crippen LogP contribution in [0, 0.1) is 5.92 Å². The number of aliphatic hydroxyl groups is 2. The van der Waals surface area contributed by atoms with Crippen LogP contribution < -0.4 is 0 Å². The molecule has 1 saturated heterocycles. The molecule has 0 aromatic heterocycles. The van der Waals surface area contributed by atoms with E-state index in [1.807, 2.05) is 20.8 Å². The third-order valence-corrected chi connectivity index (χ3v) is 2.80. The average molecular weight is 204 g/mol. The van der Waals surface area contributed by atoms with Crippen molar-refractivity contribution < 1.29 is 19.7 Å². The number of hydrogen-bond acceptors (Lipinski definition) is 4. The van der Waals surface area contributed by atoms with Crippen molar-refractivity contribution in [2.45, 2.75) is 51.8 Å². The first-order valence-electron chi connectivity index (χ1n) is 5.25. The molecule has 0 aromatic carbocycles. The lowest BCUT2D eigenvalue weighted by atomic mass is 9.89. The minimum absolute atomic E-state index is 0.0371. The Balaban J connectivity index is 2.63. The summed E-state index contributed by atoms with van der Waals surface area (Å²) in [6.45, 7) is 6.18. The second kappa shape index (κ2) is 5.07. The molecule has 0 aliphatic carbocycles. The van der Waals surface area contributed by atoms with Crippen LogP contribution in [0.3, 0.4) is 0 Å². The fraction of sp³-hybridized carbons (Fsp3) is 1.00. The van der Waals surface area contributed by atoms with Gasteiger partial charge in [-0.1, -0.05) is 13.8 Å². The Bertz CT molecular complexity index is 170. The van der Waals surface area contributed by atoms with E-state index in [1.54, 1.807) is 0 Å². The lowest BCUT2D eigenvalue weighted by Crippen LogP contribution is -2.54. The summed E-state index contributed by atoms with van der Waals surface area (Å²) >= 11 is 0. The third kappa shape index (κ3) is 2.25. The van der Waals surface area contributed by atoms with Gasteiger partial charge in [0.05, 0.1) is 12.2 Å². The Kier molecular flexibility index (Phi) is 4.31. The molecule has 1 rings (SSSR count). The van der Waals surface area contributed by atoms with Crippen molar-refractivity contribution in [1.29, 1.82) is 0 Å². The van der Waals surface area contributed by atoms with Crippen molar-refractivity contribution >= 4 is 0 Å². The first-order chi connectivity index (χ1) is 6.61. The van der Waals surface area contributed by atoms with Crippen molar-refractivity contribution in [3.8, 4) is 0 Å². The Morgan fingerprint density at radius 3 is 2.36 bits per heavy atom. The highest BCUT2D eigenvalue weighted by atomic mass is 16.7. The van der Waals surface area contributed by atoms with Crippen molar-refractivity contribution in [2.75, 3.05) is 6.61 Å². The monoisotopic (exact) mass is 204 g/mol. The van der Waals surface area contributed by atoms with Gasteiger partial charge in [0.15, 0.2) is 6.29 Å². The molecule has 1 fully saturated rings. The molecule has 0 bridgehead atoms. The van der Waals surface area contributed by atoms with Crippen molar-refractivity contribution in [3.63, 3.8) is 0 Å². The first kappa shape index (κ1) is 11.9. The molecule has 0 amide bonds. The minimum Gasteiger partial charge on any atom is -0.390 e. The van der Waals surface area contributed by atoms with Gasteiger partial charge in [-0.15, -0.1) is 0 Å². The van der Waals surface area contributed by atoms with Gasteiger partial charge >= 0.3 is 0 Å². The van der Waals surface area contributed by atoms with E-state index in [-0.39, 0.29) is 12.0 Å². The quantitative estimate of drug-likeness (QED) is 0.703. The summed E-state index contributed by atoms with van der Waals surface area (Å²) in [5, 5.41) is 19.4. The Morgan fingerprint density at radius 1 is 1.21 bits per heavy atom. The van der Waals surface area contributed by atoms with Crippen LogP contribution in [0.15, 0.2) is 0 Å². The van der Waals surface area contributed by atoms with Gasteiger partial charge in [0.25, 0.3) is 0 Å². The van der Waals surface area contributed by atoms with Crippen LogP contribution in [0.4, 0.5) is 0 Å². The molecule has 5 atom stereocenters. The lowest BCUT2D eigenvalue weighted by Gasteiger charge is -2.40. The second-order valence-electron chi connectivity index (χ2n) is 3.75. The van der Waals surface area contributed by atoms with E-state index in [1.165, 1.54) is 0 Å². The largest absolute Gasteiger partial charge is 0.390 e. The van der Waals surface area contributed by atoms with Gasteiger partial charge in [0.1, 0.15) is 6.10 Å². The lowest BCUT2D eigenvalue weighted by molar-refractivity contribution is -0.282. The van der Waals surface area contributed by atoms with Gasteiger partial charge in [-0.2, -0.15) is 0 Å². The molecule has 0 spiro atoms. The summed E-state index contributed by atoms with van der Waals surface area (Å²) in [6, 6.07) is 0. The zero-order valence-electron chi connectivity index (χ0n) is 9.01. The van der Waals surface area contributed by atoms with E-state index in [2.05, 4.69) is 0 Å². The third-order valence-electron chi connectivity index (χ3n) is 2.80. The number of ether oxygens (including phenoxy) is 2. The standard InChI is InChI=1S/C10H20O4/c1-4-7-6(3)8(11)9(12)10(14-7)13-5-2/h6-12H,4-5H2,1-3H3. The predicted molar refractivity (Wildman–Crippen MR) is 51.8 cm³/mol. The van der Waals surface area contributed by atoms with Gasteiger partial charge in [-0.05, 0) is 13.3 Å². The van der Waals surface area contributed by atoms with E-state index in [0.29, 0.717) is 6.61 Å². The second-order valence-corrected chi connectivity index (χ2v) is 3.75. The van der Waals surface area contributed by atoms with Crippen molar-refractivity contribution in [2.24, 2.45) is 5.92 Å². The molecule has 1 heterocycles. The Hall–Kier alpha value is -0.160. The van der Waals surface area contributed by atoms with Gasteiger partial charge in [-0.3, -0.25) is 0 Å². The summed E-state index contributed by atoms with van der Waals surface area (Å²) in [7, 11) is 0. The first-order valence-corrected chi connectivity index (χ1v) is 5.25. The maximum Gasteiger partial charge on any atom is 0.186 e. The van der Waals surface area contributed by atoms with E-state index in [9.17, 15) is 10.2 Å². The van der Waals surface area contributed by atoms with Crippen LogP contribution in [0.25, 0.3) is 0 Å². The molecule has 4 nitrogen and oxygen atoms in total. The van der Waals surface area contributed by atoms with Gasteiger partial charge in [-0.25, -0.2) is 0 Å². The molecule has 0 saturated carbocycles. The Labute approximate surface area is 84.8 Å². The molecule has 0 aromatic rings. The smallest absolute Gasteiger partial charge is 0.186 e. The zero-order chi connectivity index (χ0) is 10.7. The topological polar surface area (TPSA) is 58.9 Å². The molecule has 5 unspecified atom stereocenters. The normalized spacial score (nSPS) is 43.9. The van der Waals surface area contributed by atoms with Gasteiger partial charge < -0.3 is 19.7 Å². The summed E-state index contributed by atoms with van der Waals surface area (Å²) in [5.74, 6) is -0.0493. The highest BCUT2D eigenvalue weighted by Crippen LogP contribution is 2.28. The summed E-state index contributed by atoms with van der Waals surface area (Å²) in [6.07, 6.45) is -1.60. The molecule has 1 aliphatic rings. The molecule has 4 heteroatoms. The number of hydrogen-bond donors (Lipinski definition) is 2. The molecule has 14 heavy (non-hydrogen) atoms. The summed E-state index contributed by atoms with van der Waals surface area (Å²) in [5.41, 5.74) is 0. The molecule has 84 valence electrons. The molecular formula is C10H20O4. The van der Waals surface area contributed by atoms with Gasteiger partial charge in [0, 0.05) is 12.5 Å². The predicted octanol–water partition coefficient (Wildman–Crippen LogP) is 0.516. The number of aliphatic hydroxyl groups excluding tert-OH is 2. The SMILES string of the molecule is CCOC1OC(CC)C(C)C(O)C1O. The fourth-order valence-electron chi connectivity index (χ4n) is 1.84. The number of rotatable bonds is 3. The van der Waals surface area contributed by atoms with E-state index in [4.69, 9.17) is 9.47 Å². The summed E-state index contributed by atoms with van der Waals surface area (Å²) < 4.78 is 10.8. The van der Waals surface area contributed by atoms with Crippen molar-refractivity contribution in [3.05, 3.63) is 0 Å². The maximum atomic E-state index is 9.73. The van der Waals surface area contributed by atoms with Crippen LogP contribution in [0.5, 0.6) is 0 Å². The van der Waals surface area contributed by atoms with E-state index < -0.39 is 18.5 Å². The van der Waals surface area contributed by atoms with E-state index in [0.717, 1.165) is 6.42 Å².